The average Bonchev–Trinajstić information content (AvgIpc) is 3.37. The SMILES string of the molecule is Cn1cc2c3cc(C(=O)NCC4(CO)CCCOC4)ccc3n(-c3ccc(C(F)(F)F)cc3)c2n1. The van der Waals surface area contributed by atoms with E-state index < -0.39 is 17.2 Å². The first-order valence-electron chi connectivity index (χ1n) is 11.3. The fourth-order valence-electron chi connectivity index (χ4n) is 4.69. The molecule has 1 saturated heterocycles. The average molecular weight is 486 g/mol. The molecule has 0 spiro atoms. The molecule has 10 heteroatoms. The van der Waals surface area contributed by atoms with Crippen molar-refractivity contribution in [1.82, 2.24) is 19.7 Å². The van der Waals surface area contributed by atoms with Crippen LogP contribution in [-0.4, -0.2) is 51.7 Å². The number of rotatable bonds is 5. The Labute approximate surface area is 199 Å². The second-order valence-electron chi connectivity index (χ2n) is 9.15. The molecule has 1 atom stereocenters. The monoisotopic (exact) mass is 486 g/mol. The molecule has 0 bridgehead atoms. The highest BCUT2D eigenvalue weighted by atomic mass is 19.4. The first-order valence-corrected chi connectivity index (χ1v) is 11.3. The summed E-state index contributed by atoms with van der Waals surface area (Å²) in [7, 11) is 1.76. The predicted molar refractivity (Wildman–Crippen MR) is 124 cm³/mol. The molecule has 2 aromatic carbocycles. The number of fused-ring (bicyclic) bond motifs is 3. The van der Waals surface area contributed by atoms with Gasteiger partial charge in [0.1, 0.15) is 0 Å². The van der Waals surface area contributed by atoms with Crippen LogP contribution in [0.2, 0.25) is 0 Å². The predicted octanol–water partition coefficient (Wildman–Crippen LogP) is 4.05. The molecular formula is C25H25F3N4O3. The molecule has 5 rings (SSSR count). The van der Waals surface area contributed by atoms with Gasteiger partial charge in [-0.05, 0) is 55.3 Å². The molecule has 4 aromatic rings. The number of ether oxygens (including phenoxy) is 1. The van der Waals surface area contributed by atoms with Crippen LogP contribution in [0.1, 0.15) is 28.8 Å². The van der Waals surface area contributed by atoms with Gasteiger partial charge < -0.3 is 15.2 Å². The van der Waals surface area contributed by atoms with E-state index in [0.29, 0.717) is 36.7 Å². The number of carbonyl (C=O) groups is 1. The fraction of sp³-hybridized carbons (Fsp3) is 0.360. The highest BCUT2D eigenvalue weighted by Crippen LogP contribution is 2.34. The number of nitrogens with one attached hydrogen (secondary N) is 1. The molecule has 1 aliphatic heterocycles. The van der Waals surface area contributed by atoms with Crippen LogP contribution in [0.15, 0.2) is 48.7 Å². The maximum absolute atomic E-state index is 13.0. The van der Waals surface area contributed by atoms with E-state index in [1.54, 1.807) is 34.5 Å². The Balaban J connectivity index is 1.50. The lowest BCUT2D eigenvalue weighted by Crippen LogP contribution is -2.45. The number of aliphatic hydroxyl groups excluding tert-OH is 1. The van der Waals surface area contributed by atoms with E-state index in [1.165, 1.54) is 12.1 Å². The topological polar surface area (TPSA) is 81.3 Å². The summed E-state index contributed by atoms with van der Waals surface area (Å²) in [6, 6.07) is 10.1. The Morgan fingerprint density at radius 1 is 1.20 bits per heavy atom. The quantitative estimate of drug-likeness (QED) is 0.446. The van der Waals surface area contributed by atoms with Gasteiger partial charge in [-0.25, -0.2) is 0 Å². The summed E-state index contributed by atoms with van der Waals surface area (Å²) in [5.41, 5.74) is 1.08. The summed E-state index contributed by atoms with van der Waals surface area (Å²) in [5.74, 6) is -0.274. The number of aliphatic hydroxyl groups is 1. The number of aryl methyl sites for hydroxylation is 1. The second-order valence-corrected chi connectivity index (χ2v) is 9.15. The van der Waals surface area contributed by atoms with Crippen molar-refractivity contribution in [3.05, 3.63) is 59.8 Å². The van der Waals surface area contributed by atoms with Crippen LogP contribution in [0, 0.1) is 5.41 Å². The fourth-order valence-corrected chi connectivity index (χ4v) is 4.69. The van der Waals surface area contributed by atoms with E-state index >= 15 is 0 Å². The second kappa shape index (κ2) is 8.69. The van der Waals surface area contributed by atoms with E-state index in [4.69, 9.17) is 4.74 Å². The Kier molecular flexibility index (Phi) is 5.80. The Morgan fingerprint density at radius 3 is 2.63 bits per heavy atom. The van der Waals surface area contributed by atoms with Crippen molar-refractivity contribution in [2.75, 3.05) is 26.4 Å². The smallest absolute Gasteiger partial charge is 0.396 e. The summed E-state index contributed by atoms with van der Waals surface area (Å²) < 4.78 is 48.0. The van der Waals surface area contributed by atoms with Crippen molar-refractivity contribution in [1.29, 1.82) is 0 Å². The number of carbonyl (C=O) groups excluding carboxylic acids is 1. The Hall–Kier alpha value is -3.37. The molecule has 7 nitrogen and oxygen atoms in total. The number of hydrogen-bond donors (Lipinski definition) is 2. The summed E-state index contributed by atoms with van der Waals surface area (Å²) in [5, 5.41) is 18.8. The van der Waals surface area contributed by atoms with E-state index in [2.05, 4.69) is 10.4 Å². The first-order chi connectivity index (χ1) is 16.7. The molecule has 1 amide bonds. The number of hydrogen-bond acceptors (Lipinski definition) is 4. The van der Waals surface area contributed by atoms with Crippen molar-refractivity contribution in [2.24, 2.45) is 12.5 Å². The van der Waals surface area contributed by atoms with E-state index in [9.17, 15) is 23.1 Å². The zero-order valence-electron chi connectivity index (χ0n) is 19.1. The summed E-state index contributed by atoms with van der Waals surface area (Å²) in [4.78, 5) is 13.0. The van der Waals surface area contributed by atoms with Gasteiger partial charge in [-0.2, -0.15) is 18.3 Å². The minimum absolute atomic E-state index is 0.0708. The molecule has 2 N–H and O–H groups in total. The van der Waals surface area contributed by atoms with Crippen LogP contribution in [0.3, 0.4) is 0 Å². The maximum Gasteiger partial charge on any atom is 0.416 e. The van der Waals surface area contributed by atoms with Crippen LogP contribution in [-0.2, 0) is 18.0 Å². The van der Waals surface area contributed by atoms with Crippen molar-refractivity contribution in [3.8, 4) is 5.69 Å². The van der Waals surface area contributed by atoms with Crippen LogP contribution in [0.4, 0.5) is 13.2 Å². The summed E-state index contributed by atoms with van der Waals surface area (Å²) in [6.45, 7) is 1.28. The van der Waals surface area contributed by atoms with Crippen LogP contribution >= 0.6 is 0 Å². The number of halogens is 3. The van der Waals surface area contributed by atoms with Crippen molar-refractivity contribution < 1.29 is 27.8 Å². The Morgan fingerprint density at radius 2 is 1.97 bits per heavy atom. The number of amides is 1. The molecule has 184 valence electrons. The zero-order valence-corrected chi connectivity index (χ0v) is 19.1. The van der Waals surface area contributed by atoms with Gasteiger partial charge >= 0.3 is 6.18 Å². The highest BCUT2D eigenvalue weighted by Gasteiger charge is 2.33. The van der Waals surface area contributed by atoms with Crippen LogP contribution in [0.5, 0.6) is 0 Å². The molecule has 0 saturated carbocycles. The first kappa shape index (κ1) is 23.4. The number of alkyl halides is 3. The third-order valence-corrected chi connectivity index (χ3v) is 6.63. The molecule has 1 aliphatic rings. The van der Waals surface area contributed by atoms with Crippen LogP contribution in [0.25, 0.3) is 27.6 Å². The zero-order chi connectivity index (χ0) is 24.8. The molecule has 0 aliphatic carbocycles. The maximum atomic E-state index is 13.0. The van der Waals surface area contributed by atoms with Gasteiger partial charge in [-0.15, -0.1) is 0 Å². The number of aromatic nitrogens is 3. The van der Waals surface area contributed by atoms with Gasteiger partial charge in [-0.3, -0.25) is 14.0 Å². The molecule has 1 unspecified atom stereocenters. The van der Waals surface area contributed by atoms with Crippen molar-refractivity contribution in [2.45, 2.75) is 19.0 Å². The highest BCUT2D eigenvalue weighted by molar-refractivity contribution is 6.10. The minimum atomic E-state index is -4.42. The normalized spacial score (nSPS) is 18.9. The molecule has 2 aromatic heterocycles. The van der Waals surface area contributed by atoms with Gasteiger partial charge in [0.2, 0.25) is 0 Å². The lowest BCUT2D eigenvalue weighted by atomic mass is 9.83. The molecule has 3 heterocycles. The van der Waals surface area contributed by atoms with Gasteiger partial charge in [-0.1, -0.05) is 0 Å². The van der Waals surface area contributed by atoms with Crippen LogP contribution < -0.4 is 5.32 Å². The van der Waals surface area contributed by atoms with E-state index in [-0.39, 0.29) is 12.5 Å². The molecular weight excluding hydrogens is 461 g/mol. The van der Waals surface area contributed by atoms with E-state index in [1.807, 2.05) is 6.20 Å². The van der Waals surface area contributed by atoms with Gasteiger partial charge in [0.25, 0.3) is 5.91 Å². The van der Waals surface area contributed by atoms with Crippen molar-refractivity contribution >= 4 is 27.8 Å². The standard InChI is InChI=1S/C25H25F3N4O3/c1-31-12-20-19-11-16(23(34)29-13-24(14-33)9-2-10-35-15-24)3-8-21(19)32(22(20)30-31)18-6-4-17(5-7-18)25(26,27)28/h3-8,11-12,33H,2,9-10,13-15H2,1H3,(H,29,34). The molecule has 35 heavy (non-hydrogen) atoms. The third-order valence-electron chi connectivity index (χ3n) is 6.63. The number of nitrogens with zero attached hydrogens (tertiary/aromatic N) is 3. The van der Waals surface area contributed by atoms with Crippen molar-refractivity contribution in [3.63, 3.8) is 0 Å². The third kappa shape index (κ3) is 4.28. The summed E-state index contributed by atoms with van der Waals surface area (Å²) >= 11 is 0. The van der Waals surface area contributed by atoms with E-state index in [0.717, 1.165) is 41.3 Å². The lowest BCUT2D eigenvalue weighted by Gasteiger charge is -2.35. The van der Waals surface area contributed by atoms with Gasteiger partial charge in [0.05, 0.1) is 24.3 Å². The molecule has 1 fully saturated rings. The summed E-state index contributed by atoms with van der Waals surface area (Å²) in [6.07, 6.45) is -0.994. The molecule has 0 radical (unpaired) electrons. The number of benzene rings is 2. The van der Waals surface area contributed by atoms with Gasteiger partial charge in [0.15, 0.2) is 5.65 Å². The Bertz CT molecular complexity index is 1380. The lowest BCUT2D eigenvalue weighted by molar-refractivity contribution is -0.137. The van der Waals surface area contributed by atoms with Gasteiger partial charge in [0, 0.05) is 53.8 Å². The minimum Gasteiger partial charge on any atom is -0.396 e. The largest absolute Gasteiger partial charge is 0.416 e.